The second kappa shape index (κ2) is 9.26. The Morgan fingerprint density at radius 1 is 1.12 bits per heavy atom. The predicted molar refractivity (Wildman–Crippen MR) is 105 cm³/mol. The second-order valence-electron chi connectivity index (χ2n) is 7.76. The van der Waals surface area contributed by atoms with Crippen LogP contribution in [-0.2, 0) is 4.79 Å². The molecule has 26 heavy (non-hydrogen) atoms. The van der Waals surface area contributed by atoms with Crippen molar-refractivity contribution in [3.8, 4) is 5.75 Å². The quantitative estimate of drug-likeness (QED) is 0.785. The first-order valence-electron chi connectivity index (χ1n) is 10.2. The normalized spacial score (nSPS) is 21.1. The Bertz CT molecular complexity index is 559. The maximum atomic E-state index is 12.7. The molecule has 2 fully saturated rings. The minimum atomic E-state index is 0.0382. The Morgan fingerprint density at radius 2 is 1.73 bits per heavy atom. The average molecular weight is 361 g/mol. The summed E-state index contributed by atoms with van der Waals surface area (Å²) in [6.45, 7) is 6.08. The van der Waals surface area contributed by atoms with Crippen LogP contribution < -0.4 is 19.9 Å². The molecule has 2 N–H and O–H groups in total. The van der Waals surface area contributed by atoms with E-state index < -0.39 is 0 Å². The van der Waals surface area contributed by atoms with Gasteiger partial charge >= 0.3 is 0 Å². The summed E-state index contributed by atoms with van der Waals surface area (Å²) in [6, 6.07) is 8.69. The SMILES string of the molecule is COc1ccc(N2CC[NH+]([C@@H](C)C(=O)NC3CCCCCC3)CC2)cc1. The molecule has 1 amide bonds. The second-order valence-corrected chi connectivity index (χ2v) is 7.76. The highest BCUT2D eigenvalue weighted by molar-refractivity contribution is 5.80. The van der Waals surface area contributed by atoms with Crippen molar-refractivity contribution in [1.82, 2.24) is 5.32 Å². The van der Waals surface area contributed by atoms with Crippen LogP contribution in [0.4, 0.5) is 5.69 Å². The largest absolute Gasteiger partial charge is 0.497 e. The van der Waals surface area contributed by atoms with Gasteiger partial charge in [0, 0.05) is 11.7 Å². The van der Waals surface area contributed by atoms with E-state index >= 15 is 0 Å². The summed E-state index contributed by atoms with van der Waals surface area (Å²) in [6.07, 6.45) is 7.46. The third-order valence-corrected chi connectivity index (χ3v) is 6.05. The monoisotopic (exact) mass is 360 g/mol. The zero-order chi connectivity index (χ0) is 18.4. The number of hydrogen-bond acceptors (Lipinski definition) is 3. The number of carbonyl (C=O) groups is 1. The zero-order valence-electron chi connectivity index (χ0n) is 16.3. The molecule has 5 heteroatoms. The number of carbonyl (C=O) groups excluding carboxylic acids is 1. The van der Waals surface area contributed by atoms with Gasteiger partial charge in [-0.3, -0.25) is 4.79 Å². The fourth-order valence-corrected chi connectivity index (χ4v) is 4.21. The van der Waals surface area contributed by atoms with Crippen LogP contribution in [-0.4, -0.2) is 51.3 Å². The van der Waals surface area contributed by atoms with Crippen LogP contribution in [0.3, 0.4) is 0 Å². The maximum absolute atomic E-state index is 12.7. The fraction of sp³-hybridized carbons (Fsp3) is 0.667. The van der Waals surface area contributed by atoms with Gasteiger partial charge in [0.05, 0.1) is 33.3 Å². The number of anilines is 1. The predicted octanol–water partition coefficient (Wildman–Crippen LogP) is 1.63. The van der Waals surface area contributed by atoms with Crippen molar-refractivity contribution in [2.24, 2.45) is 0 Å². The molecule has 1 heterocycles. The van der Waals surface area contributed by atoms with Crippen molar-refractivity contribution in [3.63, 3.8) is 0 Å². The highest BCUT2D eigenvalue weighted by Gasteiger charge is 2.30. The number of nitrogens with zero attached hydrogens (tertiary/aromatic N) is 1. The summed E-state index contributed by atoms with van der Waals surface area (Å²) in [4.78, 5) is 16.5. The van der Waals surface area contributed by atoms with Gasteiger partial charge in [-0.25, -0.2) is 0 Å². The third kappa shape index (κ3) is 4.91. The lowest BCUT2D eigenvalue weighted by Gasteiger charge is -2.36. The van der Waals surface area contributed by atoms with Gasteiger partial charge in [0.2, 0.25) is 0 Å². The lowest BCUT2D eigenvalue weighted by molar-refractivity contribution is -0.914. The summed E-state index contributed by atoms with van der Waals surface area (Å²) < 4.78 is 5.23. The first-order chi connectivity index (χ1) is 12.7. The van der Waals surface area contributed by atoms with E-state index in [-0.39, 0.29) is 11.9 Å². The topological polar surface area (TPSA) is 46.0 Å². The number of methoxy groups -OCH3 is 1. The Labute approximate surface area is 157 Å². The van der Waals surface area contributed by atoms with Crippen molar-refractivity contribution < 1.29 is 14.4 Å². The van der Waals surface area contributed by atoms with E-state index in [2.05, 4.69) is 29.3 Å². The van der Waals surface area contributed by atoms with Gasteiger partial charge in [-0.1, -0.05) is 25.7 Å². The standard InChI is InChI=1S/C21H33N3O2/c1-17(21(25)22-18-7-5-3-4-6-8-18)23-13-15-24(16-14-23)19-9-11-20(26-2)12-10-19/h9-12,17-18H,3-8,13-16H2,1-2H3,(H,22,25)/p+1/t17-/m0/s1. The molecular weight excluding hydrogens is 326 g/mol. The highest BCUT2D eigenvalue weighted by Crippen LogP contribution is 2.19. The van der Waals surface area contributed by atoms with Crippen molar-refractivity contribution in [2.75, 3.05) is 38.2 Å². The van der Waals surface area contributed by atoms with Crippen molar-refractivity contribution in [3.05, 3.63) is 24.3 Å². The van der Waals surface area contributed by atoms with E-state index in [0.29, 0.717) is 6.04 Å². The Morgan fingerprint density at radius 3 is 2.31 bits per heavy atom. The number of rotatable bonds is 5. The minimum Gasteiger partial charge on any atom is -0.497 e. The van der Waals surface area contributed by atoms with Crippen LogP contribution in [0.15, 0.2) is 24.3 Å². The molecule has 0 aromatic heterocycles. The van der Waals surface area contributed by atoms with Crippen LogP contribution in [0.25, 0.3) is 0 Å². The summed E-state index contributed by atoms with van der Waals surface area (Å²) in [5.41, 5.74) is 1.24. The van der Waals surface area contributed by atoms with Crippen molar-refractivity contribution in [1.29, 1.82) is 0 Å². The summed E-state index contributed by atoms with van der Waals surface area (Å²) >= 11 is 0. The van der Waals surface area contributed by atoms with Gasteiger partial charge in [0.15, 0.2) is 6.04 Å². The number of hydrogen-bond donors (Lipinski definition) is 2. The Hall–Kier alpha value is -1.75. The molecule has 0 unspecified atom stereocenters. The van der Waals surface area contributed by atoms with Crippen LogP contribution in [0, 0.1) is 0 Å². The van der Waals surface area contributed by atoms with Gasteiger partial charge in [0.1, 0.15) is 5.75 Å². The summed E-state index contributed by atoms with van der Waals surface area (Å²) in [5, 5.41) is 3.32. The molecule has 1 aromatic carbocycles. The van der Waals surface area contributed by atoms with E-state index in [1.807, 2.05) is 12.1 Å². The van der Waals surface area contributed by atoms with Crippen LogP contribution in [0.5, 0.6) is 5.75 Å². The Kier molecular flexibility index (Phi) is 6.78. The molecule has 2 aliphatic rings. The van der Waals surface area contributed by atoms with Crippen molar-refractivity contribution in [2.45, 2.75) is 57.5 Å². The molecule has 1 atom stereocenters. The molecule has 1 aliphatic carbocycles. The van der Waals surface area contributed by atoms with Crippen LogP contribution in [0.1, 0.15) is 45.4 Å². The van der Waals surface area contributed by atoms with E-state index in [4.69, 9.17) is 4.74 Å². The van der Waals surface area contributed by atoms with Gasteiger partial charge < -0.3 is 19.9 Å². The van der Waals surface area contributed by atoms with Gasteiger partial charge in [-0.05, 0) is 44.0 Å². The third-order valence-electron chi connectivity index (χ3n) is 6.05. The minimum absolute atomic E-state index is 0.0382. The lowest BCUT2D eigenvalue weighted by Crippen LogP contribution is -3.19. The molecule has 1 aromatic rings. The maximum Gasteiger partial charge on any atom is 0.278 e. The molecule has 0 bridgehead atoms. The van der Waals surface area contributed by atoms with Gasteiger partial charge in [-0.2, -0.15) is 0 Å². The number of amides is 1. The van der Waals surface area contributed by atoms with E-state index in [1.54, 1.807) is 7.11 Å². The number of quaternary nitrogens is 1. The smallest absolute Gasteiger partial charge is 0.278 e. The van der Waals surface area contributed by atoms with Gasteiger partial charge in [-0.15, -0.1) is 0 Å². The lowest BCUT2D eigenvalue weighted by atomic mass is 10.1. The zero-order valence-corrected chi connectivity index (χ0v) is 16.3. The van der Waals surface area contributed by atoms with Gasteiger partial charge in [0.25, 0.3) is 5.91 Å². The molecule has 1 saturated heterocycles. The van der Waals surface area contributed by atoms with E-state index in [0.717, 1.165) is 44.8 Å². The average Bonchev–Trinajstić information content (AvgIpc) is 2.96. The Balaban J connectivity index is 1.47. The first kappa shape index (κ1) is 19.0. The molecule has 3 rings (SSSR count). The number of benzene rings is 1. The van der Waals surface area contributed by atoms with Crippen LogP contribution >= 0.6 is 0 Å². The number of nitrogens with one attached hydrogen (secondary N) is 2. The summed E-state index contributed by atoms with van der Waals surface area (Å²) in [5.74, 6) is 1.13. The molecule has 1 saturated carbocycles. The molecule has 1 aliphatic heterocycles. The molecule has 0 spiro atoms. The molecule has 0 radical (unpaired) electrons. The highest BCUT2D eigenvalue weighted by atomic mass is 16.5. The molecular formula is C21H34N3O2+. The fourth-order valence-electron chi connectivity index (χ4n) is 4.21. The number of ether oxygens (including phenoxy) is 1. The molecule has 144 valence electrons. The first-order valence-corrected chi connectivity index (χ1v) is 10.2. The van der Waals surface area contributed by atoms with E-state index in [9.17, 15) is 4.79 Å². The summed E-state index contributed by atoms with van der Waals surface area (Å²) in [7, 11) is 1.69. The van der Waals surface area contributed by atoms with Crippen LogP contribution in [0.2, 0.25) is 0 Å². The number of piperazine rings is 1. The van der Waals surface area contributed by atoms with E-state index in [1.165, 1.54) is 36.3 Å². The van der Waals surface area contributed by atoms with Crippen molar-refractivity contribution >= 4 is 11.6 Å². The molecule has 5 nitrogen and oxygen atoms in total.